The number of carbonyl (C=O) groups excluding carboxylic acids is 2. The van der Waals surface area contributed by atoms with E-state index in [2.05, 4.69) is 12.2 Å². The molecule has 1 N–H and O–H groups in total. The molecule has 16 heavy (non-hydrogen) atoms. The van der Waals surface area contributed by atoms with Gasteiger partial charge in [0.2, 0.25) is 5.91 Å². The monoisotopic (exact) mass is 245 g/mol. The predicted molar refractivity (Wildman–Crippen MR) is 69.6 cm³/mol. The lowest BCUT2D eigenvalue weighted by molar-refractivity contribution is -0.119. The van der Waals surface area contributed by atoms with Crippen LogP contribution >= 0.6 is 11.8 Å². The lowest BCUT2D eigenvalue weighted by Gasteiger charge is -2.03. The normalized spacial score (nSPS) is 19.1. The lowest BCUT2D eigenvalue weighted by Crippen LogP contribution is -2.23. The molecule has 1 heterocycles. The number of unbranched alkanes of at least 4 members (excludes halogenated alkanes) is 4. The SMILES string of the molecule is CC.CCCCCCCC1SC(=O)NC1=O. The van der Waals surface area contributed by atoms with Crippen LogP contribution in [0.25, 0.3) is 0 Å². The third kappa shape index (κ3) is 6.16. The first-order valence-corrected chi connectivity index (χ1v) is 7.13. The fraction of sp³-hybridized carbons (Fsp3) is 0.833. The Morgan fingerprint density at radius 2 is 1.75 bits per heavy atom. The number of hydrogen-bond donors (Lipinski definition) is 1. The van der Waals surface area contributed by atoms with E-state index in [1.807, 2.05) is 13.8 Å². The van der Waals surface area contributed by atoms with Gasteiger partial charge in [0.25, 0.3) is 5.24 Å². The van der Waals surface area contributed by atoms with E-state index in [1.165, 1.54) is 25.7 Å². The molecule has 1 rings (SSSR count). The number of hydrogen-bond acceptors (Lipinski definition) is 3. The zero-order valence-electron chi connectivity index (χ0n) is 10.5. The summed E-state index contributed by atoms with van der Waals surface area (Å²) in [5, 5.41) is 2.00. The third-order valence-corrected chi connectivity index (χ3v) is 3.39. The molecule has 1 fully saturated rings. The number of amides is 2. The highest BCUT2D eigenvalue weighted by atomic mass is 32.2. The van der Waals surface area contributed by atoms with Crippen LogP contribution in [0.1, 0.15) is 59.3 Å². The van der Waals surface area contributed by atoms with Crippen LogP contribution in [0.5, 0.6) is 0 Å². The molecule has 0 bridgehead atoms. The lowest BCUT2D eigenvalue weighted by atomic mass is 10.1. The first-order chi connectivity index (χ1) is 7.74. The number of imide groups is 1. The van der Waals surface area contributed by atoms with E-state index < -0.39 is 0 Å². The summed E-state index contributed by atoms with van der Waals surface area (Å²) in [5.41, 5.74) is 0. The maximum absolute atomic E-state index is 11.2. The Labute approximate surface area is 103 Å². The molecular weight excluding hydrogens is 222 g/mol. The summed E-state index contributed by atoms with van der Waals surface area (Å²) in [6.45, 7) is 6.18. The Morgan fingerprint density at radius 1 is 1.12 bits per heavy atom. The van der Waals surface area contributed by atoms with Crippen LogP contribution < -0.4 is 5.32 Å². The number of nitrogens with one attached hydrogen (secondary N) is 1. The smallest absolute Gasteiger partial charge is 0.286 e. The topological polar surface area (TPSA) is 46.2 Å². The van der Waals surface area contributed by atoms with E-state index in [0.29, 0.717) is 0 Å². The van der Waals surface area contributed by atoms with Crippen molar-refractivity contribution in [1.29, 1.82) is 0 Å². The van der Waals surface area contributed by atoms with Gasteiger partial charge in [-0.15, -0.1) is 0 Å². The van der Waals surface area contributed by atoms with E-state index in [-0.39, 0.29) is 16.4 Å². The van der Waals surface area contributed by atoms with Crippen molar-refractivity contribution in [3.8, 4) is 0 Å². The van der Waals surface area contributed by atoms with Gasteiger partial charge in [-0.2, -0.15) is 0 Å². The van der Waals surface area contributed by atoms with Gasteiger partial charge in [-0.25, -0.2) is 0 Å². The Balaban J connectivity index is 0.00000106. The summed E-state index contributed by atoms with van der Waals surface area (Å²) in [7, 11) is 0. The van der Waals surface area contributed by atoms with Crippen LogP contribution in [0.4, 0.5) is 4.79 Å². The Bertz CT molecular complexity index is 219. The largest absolute Gasteiger partial charge is 0.286 e. The van der Waals surface area contributed by atoms with Crippen LogP contribution in [0.15, 0.2) is 0 Å². The highest BCUT2D eigenvalue weighted by molar-refractivity contribution is 8.15. The summed E-state index contributed by atoms with van der Waals surface area (Å²) in [6, 6.07) is 0. The minimum atomic E-state index is -0.187. The van der Waals surface area contributed by atoms with Crippen LogP contribution in [0.3, 0.4) is 0 Å². The maximum Gasteiger partial charge on any atom is 0.286 e. The van der Waals surface area contributed by atoms with Crippen molar-refractivity contribution in [2.24, 2.45) is 0 Å². The molecule has 0 saturated carbocycles. The number of rotatable bonds is 6. The Morgan fingerprint density at radius 3 is 2.25 bits per heavy atom. The summed E-state index contributed by atoms with van der Waals surface area (Å²) >= 11 is 1.14. The zero-order chi connectivity index (χ0) is 12.4. The molecule has 94 valence electrons. The second-order valence-electron chi connectivity index (χ2n) is 3.59. The maximum atomic E-state index is 11.2. The highest BCUT2D eigenvalue weighted by Crippen LogP contribution is 2.24. The van der Waals surface area contributed by atoms with Crippen molar-refractivity contribution < 1.29 is 9.59 Å². The molecule has 0 spiro atoms. The molecule has 1 aliphatic heterocycles. The van der Waals surface area contributed by atoms with E-state index in [4.69, 9.17) is 0 Å². The summed E-state index contributed by atoms with van der Waals surface area (Å²) in [5.74, 6) is -0.101. The molecule has 1 unspecified atom stereocenters. The molecule has 0 radical (unpaired) electrons. The second kappa shape index (κ2) is 9.70. The molecule has 3 nitrogen and oxygen atoms in total. The van der Waals surface area contributed by atoms with Crippen molar-refractivity contribution in [3.05, 3.63) is 0 Å². The minimum absolute atomic E-state index is 0.101. The van der Waals surface area contributed by atoms with Crippen LogP contribution in [0, 0.1) is 0 Å². The van der Waals surface area contributed by atoms with Gasteiger partial charge in [0.15, 0.2) is 0 Å². The summed E-state index contributed by atoms with van der Waals surface area (Å²) in [6.07, 6.45) is 6.81. The Hall–Kier alpha value is -0.510. The van der Waals surface area contributed by atoms with Crippen molar-refractivity contribution >= 4 is 22.9 Å². The fourth-order valence-corrected chi connectivity index (χ4v) is 2.38. The van der Waals surface area contributed by atoms with E-state index in [0.717, 1.165) is 24.6 Å². The molecule has 1 saturated heterocycles. The average molecular weight is 245 g/mol. The molecule has 0 aromatic heterocycles. The van der Waals surface area contributed by atoms with Crippen LogP contribution in [-0.2, 0) is 4.79 Å². The van der Waals surface area contributed by atoms with Gasteiger partial charge >= 0.3 is 0 Å². The van der Waals surface area contributed by atoms with Gasteiger partial charge in [0.1, 0.15) is 0 Å². The van der Waals surface area contributed by atoms with E-state index in [9.17, 15) is 9.59 Å². The summed E-state index contributed by atoms with van der Waals surface area (Å²) in [4.78, 5) is 22.0. The van der Waals surface area contributed by atoms with Crippen LogP contribution in [-0.4, -0.2) is 16.4 Å². The second-order valence-corrected chi connectivity index (χ2v) is 4.76. The number of carbonyl (C=O) groups is 2. The number of thioether (sulfide) groups is 1. The first-order valence-electron chi connectivity index (χ1n) is 6.25. The molecule has 1 atom stereocenters. The van der Waals surface area contributed by atoms with Gasteiger partial charge in [0, 0.05) is 0 Å². The molecule has 0 aromatic rings. The van der Waals surface area contributed by atoms with Gasteiger partial charge in [-0.3, -0.25) is 14.9 Å². The molecule has 0 aromatic carbocycles. The highest BCUT2D eigenvalue weighted by Gasteiger charge is 2.30. The first kappa shape index (κ1) is 15.5. The van der Waals surface area contributed by atoms with Crippen molar-refractivity contribution in [2.45, 2.75) is 64.5 Å². The van der Waals surface area contributed by atoms with Crippen LogP contribution in [0.2, 0.25) is 0 Å². The molecule has 1 aliphatic rings. The van der Waals surface area contributed by atoms with Gasteiger partial charge in [-0.05, 0) is 6.42 Å². The summed E-state index contributed by atoms with van der Waals surface area (Å²) < 4.78 is 0. The van der Waals surface area contributed by atoms with Crippen molar-refractivity contribution in [3.63, 3.8) is 0 Å². The van der Waals surface area contributed by atoms with Crippen molar-refractivity contribution in [1.82, 2.24) is 5.32 Å². The van der Waals surface area contributed by atoms with Crippen molar-refractivity contribution in [2.75, 3.05) is 0 Å². The zero-order valence-corrected chi connectivity index (χ0v) is 11.4. The Kier molecular flexibility index (Phi) is 9.39. The van der Waals surface area contributed by atoms with Gasteiger partial charge in [0.05, 0.1) is 5.25 Å². The van der Waals surface area contributed by atoms with E-state index >= 15 is 0 Å². The molecule has 2 amide bonds. The van der Waals surface area contributed by atoms with E-state index in [1.54, 1.807) is 0 Å². The molecule has 0 aliphatic carbocycles. The molecule has 4 heteroatoms. The minimum Gasteiger partial charge on any atom is -0.286 e. The fourth-order valence-electron chi connectivity index (χ4n) is 1.52. The average Bonchev–Trinajstić information content (AvgIpc) is 2.60. The molecular formula is C12H23NO2S. The third-order valence-electron chi connectivity index (χ3n) is 2.34. The predicted octanol–water partition coefficient (Wildman–Crippen LogP) is 3.72. The standard InChI is InChI=1S/C10H17NO2S.C2H6/c1-2-3-4-5-6-7-8-9(12)11-10(13)14-8;1-2/h8H,2-7H2,1H3,(H,11,12,13);1-2H3. The van der Waals surface area contributed by atoms with Gasteiger partial charge < -0.3 is 0 Å². The quantitative estimate of drug-likeness (QED) is 0.725. The van der Waals surface area contributed by atoms with Gasteiger partial charge in [-0.1, -0.05) is 64.6 Å².